The van der Waals surface area contributed by atoms with Gasteiger partial charge in [-0.15, -0.1) is 0 Å². The van der Waals surface area contributed by atoms with Crippen LogP contribution in [0, 0.1) is 10.1 Å². The second-order valence-electron chi connectivity index (χ2n) is 3.30. The Balaban J connectivity index is 1.84. The SMILES string of the molecule is O=[N+]([O-])c1cnc(NCCc2cccnc2)s1. The molecular weight excluding hydrogens is 240 g/mol. The van der Waals surface area contributed by atoms with Gasteiger partial charge in [-0.3, -0.25) is 15.1 Å². The molecule has 0 bridgehead atoms. The Hall–Kier alpha value is -2.02. The van der Waals surface area contributed by atoms with Crippen molar-refractivity contribution in [2.45, 2.75) is 6.42 Å². The fraction of sp³-hybridized carbons (Fsp3) is 0.200. The number of nitrogens with zero attached hydrogens (tertiary/aromatic N) is 3. The second-order valence-corrected chi connectivity index (χ2v) is 4.31. The van der Waals surface area contributed by atoms with Crippen molar-refractivity contribution >= 4 is 21.5 Å². The molecule has 2 aromatic rings. The quantitative estimate of drug-likeness (QED) is 0.649. The molecule has 0 aliphatic carbocycles. The van der Waals surface area contributed by atoms with Gasteiger partial charge in [0.05, 0.1) is 4.92 Å². The van der Waals surface area contributed by atoms with E-state index in [-0.39, 0.29) is 5.00 Å². The molecule has 1 N–H and O–H groups in total. The van der Waals surface area contributed by atoms with Crippen molar-refractivity contribution in [3.8, 4) is 0 Å². The summed E-state index contributed by atoms with van der Waals surface area (Å²) in [4.78, 5) is 17.9. The van der Waals surface area contributed by atoms with E-state index in [2.05, 4.69) is 15.3 Å². The third-order valence-electron chi connectivity index (χ3n) is 2.09. The zero-order valence-corrected chi connectivity index (χ0v) is 9.68. The van der Waals surface area contributed by atoms with Gasteiger partial charge in [-0.05, 0) is 29.4 Å². The van der Waals surface area contributed by atoms with E-state index in [1.165, 1.54) is 6.20 Å². The van der Waals surface area contributed by atoms with Crippen molar-refractivity contribution in [3.05, 3.63) is 46.4 Å². The molecule has 0 spiro atoms. The maximum atomic E-state index is 10.4. The molecule has 0 radical (unpaired) electrons. The van der Waals surface area contributed by atoms with Gasteiger partial charge >= 0.3 is 5.00 Å². The number of pyridine rings is 1. The van der Waals surface area contributed by atoms with Crippen molar-refractivity contribution in [1.29, 1.82) is 0 Å². The van der Waals surface area contributed by atoms with E-state index in [4.69, 9.17) is 0 Å². The Bertz CT molecular complexity index is 500. The van der Waals surface area contributed by atoms with Crippen LogP contribution in [0.15, 0.2) is 30.7 Å². The van der Waals surface area contributed by atoms with Crippen LogP contribution in [-0.4, -0.2) is 21.4 Å². The van der Waals surface area contributed by atoms with Gasteiger partial charge < -0.3 is 5.32 Å². The third-order valence-corrected chi connectivity index (χ3v) is 2.99. The Kier molecular flexibility index (Phi) is 3.61. The van der Waals surface area contributed by atoms with Crippen LogP contribution in [0.4, 0.5) is 10.1 Å². The maximum Gasteiger partial charge on any atom is 0.345 e. The molecule has 0 saturated carbocycles. The van der Waals surface area contributed by atoms with Gasteiger partial charge in [0.25, 0.3) is 0 Å². The highest BCUT2D eigenvalue weighted by molar-refractivity contribution is 7.18. The minimum absolute atomic E-state index is 0.0499. The molecule has 2 aromatic heterocycles. The smallest absolute Gasteiger partial charge is 0.345 e. The molecule has 0 atom stereocenters. The molecule has 0 aromatic carbocycles. The van der Waals surface area contributed by atoms with Crippen molar-refractivity contribution in [3.63, 3.8) is 0 Å². The first-order valence-corrected chi connectivity index (χ1v) is 5.80. The van der Waals surface area contributed by atoms with Crippen LogP contribution < -0.4 is 5.32 Å². The summed E-state index contributed by atoms with van der Waals surface area (Å²) in [5, 5.41) is 14.1. The van der Waals surface area contributed by atoms with Crippen molar-refractivity contribution < 1.29 is 4.92 Å². The third kappa shape index (κ3) is 3.22. The van der Waals surface area contributed by atoms with E-state index in [9.17, 15) is 10.1 Å². The predicted octanol–water partition coefficient (Wildman–Crippen LogP) is 2.10. The van der Waals surface area contributed by atoms with Crippen LogP contribution in [0.5, 0.6) is 0 Å². The van der Waals surface area contributed by atoms with Gasteiger partial charge in [-0.2, -0.15) is 0 Å². The number of nitrogens with one attached hydrogen (secondary N) is 1. The van der Waals surface area contributed by atoms with Crippen molar-refractivity contribution in [2.24, 2.45) is 0 Å². The van der Waals surface area contributed by atoms with Crippen LogP contribution in [0.2, 0.25) is 0 Å². The van der Waals surface area contributed by atoms with E-state index in [0.29, 0.717) is 11.7 Å². The van der Waals surface area contributed by atoms with Gasteiger partial charge in [0.1, 0.15) is 6.20 Å². The van der Waals surface area contributed by atoms with E-state index in [1.54, 1.807) is 12.4 Å². The van der Waals surface area contributed by atoms with Crippen molar-refractivity contribution in [2.75, 3.05) is 11.9 Å². The van der Waals surface area contributed by atoms with Crippen LogP contribution >= 0.6 is 11.3 Å². The Morgan fingerprint density at radius 2 is 2.35 bits per heavy atom. The molecule has 6 nitrogen and oxygen atoms in total. The summed E-state index contributed by atoms with van der Waals surface area (Å²) in [5.41, 5.74) is 1.12. The fourth-order valence-electron chi connectivity index (χ4n) is 1.29. The molecule has 0 aliphatic rings. The monoisotopic (exact) mass is 250 g/mol. The zero-order chi connectivity index (χ0) is 12.1. The lowest BCUT2D eigenvalue weighted by molar-refractivity contribution is -0.380. The average molecular weight is 250 g/mol. The highest BCUT2D eigenvalue weighted by Crippen LogP contribution is 2.24. The van der Waals surface area contributed by atoms with E-state index >= 15 is 0 Å². The summed E-state index contributed by atoms with van der Waals surface area (Å²) in [6.07, 6.45) is 5.59. The van der Waals surface area contributed by atoms with E-state index < -0.39 is 4.92 Å². The molecule has 88 valence electrons. The summed E-state index contributed by atoms with van der Waals surface area (Å²) in [6, 6.07) is 3.86. The first kappa shape index (κ1) is 11.5. The summed E-state index contributed by atoms with van der Waals surface area (Å²) in [6.45, 7) is 0.677. The topological polar surface area (TPSA) is 81.0 Å². The number of rotatable bonds is 5. The second kappa shape index (κ2) is 5.35. The lowest BCUT2D eigenvalue weighted by atomic mass is 10.2. The minimum Gasteiger partial charge on any atom is -0.361 e. The number of thiazole rings is 1. The Labute approximate surface area is 102 Å². The first-order valence-electron chi connectivity index (χ1n) is 4.99. The van der Waals surface area contributed by atoms with E-state index in [0.717, 1.165) is 23.3 Å². The fourth-order valence-corrected chi connectivity index (χ4v) is 1.95. The lowest BCUT2D eigenvalue weighted by Crippen LogP contribution is -2.04. The van der Waals surface area contributed by atoms with E-state index in [1.807, 2.05) is 12.1 Å². The largest absolute Gasteiger partial charge is 0.361 e. The normalized spacial score (nSPS) is 10.1. The average Bonchev–Trinajstić information content (AvgIpc) is 2.79. The summed E-state index contributed by atoms with van der Waals surface area (Å²) in [5.74, 6) is 0. The highest BCUT2D eigenvalue weighted by atomic mass is 32.1. The molecule has 0 saturated heterocycles. The number of hydrogen-bond donors (Lipinski definition) is 1. The maximum absolute atomic E-state index is 10.4. The molecule has 0 fully saturated rings. The molecule has 0 amide bonds. The van der Waals surface area contributed by atoms with Crippen LogP contribution in [0.1, 0.15) is 5.56 Å². The zero-order valence-electron chi connectivity index (χ0n) is 8.87. The first-order chi connectivity index (χ1) is 8.25. The summed E-state index contributed by atoms with van der Waals surface area (Å²) < 4.78 is 0. The molecule has 0 aliphatic heterocycles. The minimum atomic E-state index is -0.441. The molecule has 7 heteroatoms. The molecule has 0 unspecified atom stereocenters. The number of aromatic nitrogens is 2. The van der Waals surface area contributed by atoms with Gasteiger partial charge in [0.15, 0.2) is 5.13 Å². The van der Waals surface area contributed by atoms with Crippen molar-refractivity contribution in [1.82, 2.24) is 9.97 Å². The van der Waals surface area contributed by atoms with Crippen LogP contribution in [-0.2, 0) is 6.42 Å². The van der Waals surface area contributed by atoms with Crippen LogP contribution in [0.3, 0.4) is 0 Å². The predicted molar refractivity (Wildman–Crippen MR) is 65.2 cm³/mol. The summed E-state index contributed by atoms with van der Waals surface area (Å²) in [7, 11) is 0. The number of nitro groups is 1. The molecule has 17 heavy (non-hydrogen) atoms. The number of anilines is 1. The molecule has 2 rings (SSSR count). The molecule has 2 heterocycles. The van der Waals surface area contributed by atoms with Crippen LogP contribution in [0.25, 0.3) is 0 Å². The standard InChI is InChI=1S/C10H10N4O2S/c15-14(16)9-7-13-10(17-9)12-5-3-8-2-1-4-11-6-8/h1-2,4,6-7H,3,5H2,(H,12,13). The van der Waals surface area contributed by atoms with Gasteiger partial charge in [-0.1, -0.05) is 6.07 Å². The van der Waals surface area contributed by atoms with Gasteiger partial charge in [0, 0.05) is 18.9 Å². The van der Waals surface area contributed by atoms with Gasteiger partial charge in [0.2, 0.25) is 0 Å². The highest BCUT2D eigenvalue weighted by Gasteiger charge is 2.10. The lowest BCUT2D eigenvalue weighted by Gasteiger charge is -2.01. The summed E-state index contributed by atoms with van der Waals surface area (Å²) >= 11 is 1.04. The Morgan fingerprint density at radius 3 is 3.00 bits per heavy atom. The Morgan fingerprint density at radius 1 is 1.47 bits per heavy atom. The van der Waals surface area contributed by atoms with Gasteiger partial charge in [-0.25, -0.2) is 4.98 Å². The number of hydrogen-bond acceptors (Lipinski definition) is 6. The molecular formula is C10H10N4O2S.